The van der Waals surface area contributed by atoms with Crippen LogP contribution in [0.1, 0.15) is 37.6 Å². The number of aryl methyl sites for hydroxylation is 1. The number of likely N-dealkylation sites (tertiary alicyclic amines) is 1. The smallest absolute Gasteiger partial charge is 0.222 e. The lowest BCUT2D eigenvalue weighted by atomic mass is 9.92. The molecule has 0 radical (unpaired) electrons. The van der Waals surface area contributed by atoms with E-state index >= 15 is 0 Å². The highest BCUT2D eigenvalue weighted by Gasteiger charge is 2.31. The summed E-state index contributed by atoms with van der Waals surface area (Å²) in [5.74, 6) is -0.377. The third kappa shape index (κ3) is 3.75. The summed E-state index contributed by atoms with van der Waals surface area (Å²) < 4.78 is 1.19. The first kappa shape index (κ1) is 16.9. The first-order valence-corrected chi connectivity index (χ1v) is 9.29. The molecule has 1 aromatic heterocycles. The van der Waals surface area contributed by atoms with E-state index in [9.17, 15) is 9.59 Å². The number of nitrogens with zero attached hydrogens (tertiary/aromatic N) is 2. The van der Waals surface area contributed by atoms with Gasteiger partial charge in [0.25, 0.3) is 0 Å². The number of benzene rings is 1. The molecule has 0 saturated carbocycles. The number of carbonyl (C=O) groups is 2. The zero-order chi connectivity index (χ0) is 17.1. The highest BCUT2D eigenvalue weighted by Crippen LogP contribution is 2.25. The molecule has 0 aliphatic carbocycles. The maximum atomic E-state index is 12.5. The van der Waals surface area contributed by atoms with Crippen molar-refractivity contribution < 1.29 is 9.59 Å². The van der Waals surface area contributed by atoms with Gasteiger partial charge in [-0.25, -0.2) is 4.98 Å². The summed E-state index contributed by atoms with van der Waals surface area (Å²) in [6.07, 6.45) is 3.71. The van der Waals surface area contributed by atoms with Crippen molar-refractivity contribution in [3.05, 3.63) is 29.3 Å². The quantitative estimate of drug-likeness (QED) is 0.905. The monoisotopic (exact) mass is 345 g/mol. The SMILES string of the molecule is C[C@H]1CC[C@H](C(N)=O)CN1C(=O)CCCc1nc2ccccc2s1. The van der Waals surface area contributed by atoms with Crippen molar-refractivity contribution in [2.24, 2.45) is 11.7 Å². The van der Waals surface area contributed by atoms with Crippen LogP contribution >= 0.6 is 11.3 Å². The number of fused-ring (bicyclic) bond motifs is 1. The topological polar surface area (TPSA) is 76.3 Å². The van der Waals surface area contributed by atoms with Crippen LogP contribution in [-0.4, -0.2) is 34.3 Å². The zero-order valence-corrected chi connectivity index (χ0v) is 14.7. The van der Waals surface area contributed by atoms with Crippen LogP contribution in [0, 0.1) is 5.92 Å². The zero-order valence-electron chi connectivity index (χ0n) is 13.9. The molecule has 24 heavy (non-hydrogen) atoms. The van der Waals surface area contributed by atoms with Crippen molar-refractivity contribution in [1.29, 1.82) is 0 Å². The number of piperidine rings is 1. The minimum absolute atomic E-state index is 0.120. The lowest BCUT2D eigenvalue weighted by Crippen LogP contribution is -2.48. The van der Waals surface area contributed by atoms with E-state index in [-0.39, 0.29) is 23.8 Å². The van der Waals surface area contributed by atoms with Crippen LogP contribution in [0.2, 0.25) is 0 Å². The first-order chi connectivity index (χ1) is 11.5. The van der Waals surface area contributed by atoms with Gasteiger partial charge in [-0.1, -0.05) is 12.1 Å². The van der Waals surface area contributed by atoms with Gasteiger partial charge in [0.1, 0.15) is 0 Å². The van der Waals surface area contributed by atoms with Crippen LogP contribution < -0.4 is 5.73 Å². The van der Waals surface area contributed by atoms with Gasteiger partial charge in [0.2, 0.25) is 11.8 Å². The van der Waals surface area contributed by atoms with Crippen molar-refractivity contribution >= 4 is 33.4 Å². The lowest BCUT2D eigenvalue weighted by molar-refractivity contribution is -0.137. The summed E-state index contributed by atoms with van der Waals surface area (Å²) in [7, 11) is 0. The fraction of sp³-hybridized carbons (Fsp3) is 0.500. The Bertz CT molecular complexity index is 710. The van der Waals surface area contributed by atoms with E-state index in [4.69, 9.17) is 5.73 Å². The molecule has 128 valence electrons. The normalized spacial score (nSPS) is 21.1. The van der Waals surface area contributed by atoms with Crippen molar-refractivity contribution in [3.63, 3.8) is 0 Å². The van der Waals surface area contributed by atoms with Gasteiger partial charge in [-0.3, -0.25) is 9.59 Å². The van der Waals surface area contributed by atoms with Gasteiger partial charge in [0.05, 0.1) is 21.1 Å². The summed E-state index contributed by atoms with van der Waals surface area (Å²) in [6.45, 7) is 2.51. The second-order valence-corrected chi connectivity index (χ2v) is 7.62. The Kier molecular flexibility index (Phi) is 5.14. The largest absolute Gasteiger partial charge is 0.369 e. The third-order valence-corrected chi connectivity index (χ3v) is 5.82. The molecule has 1 saturated heterocycles. The number of hydrogen-bond acceptors (Lipinski definition) is 4. The molecular formula is C18H23N3O2S. The second kappa shape index (κ2) is 7.30. The van der Waals surface area contributed by atoms with E-state index < -0.39 is 0 Å². The molecule has 0 bridgehead atoms. The standard InChI is InChI=1S/C18H23N3O2S/c1-12-9-10-13(18(19)23)11-21(12)17(22)8-4-7-16-20-14-5-2-3-6-15(14)24-16/h2-3,5-6,12-13H,4,7-11H2,1H3,(H2,19,23)/t12-,13-/m0/s1. The van der Waals surface area contributed by atoms with Crippen LogP contribution in [0.4, 0.5) is 0 Å². The number of carbonyl (C=O) groups excluding carboxylic acids is 2. The van der Waals surface area contributed by atoms with Crippen LogP contribution in [0.25, 0.3) is 10.2 Å². The van der Waals surface area contributed by atoms with E-state index in [0.29, 0.717) is 13.0 Å². The molecule has 0 unspecified atom stereocenters. The Balaban J connectivity index is 1.53. The summed E-state index contributed by atoms with van der Waals surface area (Å²) in [5, 5.41) is 1.07. The molecule has 3 rings (SSSR count). The summed E-state index contributed by atoms with van der Waals surface area (Å²) >= 11 is 1.69. The maximum Gasteiger partial charge on any atom is 0.222 e. The number of aromatic nitrogens is 1. The molecule has 2 atom stereocenters. The molecule has 0 spiro atoms. The number of nitrogens with two attached hydrogens (primary N) is 1. The highest BCUT2D eigenvalue weighted by atomic mass is 32.1. The first-order valence-electron chi connectivity index (χ1n) is 8.48. The van der Waals surface area contributed by atoms with Gasteiger partial charge in [0.15, 0.2) is 0 Å². The second-order valence-electron chi connectivity index (χ2n) is 6.50. The Labute approximate surface area is 145 Å². The number of thiazole rings is 1. The summed E-state index contributed by atoms with van der Waals surface area (Å²) in [5.41, 5.74) is 6.43. The van der Waals surface area contributed by atoms with Gasteiger partial charge in [-0.2, -0.15) is 0 Å². The van der Waals surface area contributed by atoms with E-state index in [2.05, 4.69) is 11.1 Å². The molecular weight excluding hydrogens is 322 g/mol. The maximum absolute atomic E-state index is 12.5. The number of primary amides is 1. The predicted octanol–water partition coefficient (Wildman–Crippen LogP) is 2.73. The van der Waals surface area contributed by atoms with Crippen molar-refractivity contribution in [1.82, 2.24) is 9.88 Å². The molecule has 5 nitrogen and oxygen atoms in total. The average molecular weight is 345 g/mol. The lowest BCUT2D eigenvalue weighted by Gasteiger charge is -2.37. The Morgan fingerprint density at radius 2 is 2.12 bits per heavy atom. The fourth-order valence-electron chi connectivity index (χ4n) is 3.25. The third-order valence-electron chi connectivity index (χ3n) is 4.72. The Morgan fingerprint density at radius 3 is 2.88 bits per heavy atom. The number of rotatable bonds is 5. The van der Waals surface area contributed by atoms with Crippen LogP contribution in [0.15, 0.2) is 24.3 Å². The molecule has 2 amide bonds. The van der Waals surface area contributed by atoms with Crippen molar-refractivity contribution in [3.8, 4) is 0 Å². The van der Waals surface area contributed by atoms with E-state index in [1.54, 1.807) is 11.3 Å². The van der Waals surface area contributed by atoms with Crippen LogP contribution in [0.5, 0.6) is 0 Å². The number of amides is 2. The molecule has 2 aromatic rings. The molecule has 1 aliphatic heterocycles. The summed E-state index contributed by atoms with van der Waals surface area (Å²) in [4.78, 5) is 30.3. The summed E-state index contributed by atoms with van der Waals surface area (Å²) in [6, 6.07) is 8.28. The molecule has 2 N–H and O–H groups in total. The molecule has 6 heteroatoms. The molecule has 1 aromatic carbocycles. The van der Waals surface area contributed by atoms with Crippen LogP contribution in [-0.2, 0) is 16.0 Å². The molecule has 2 heterocycles. The van der Waals surface area contributed by atoms with Crippen molar-refractivity contribution in [2.75, 3.05) is 6.54 Å². The average Bonchev–Trinajstić information content (AvgIpc) is 2.97. The van der Waals surface area contributed by atoms with Gasteiger partial charge in [-0.15, -0.1) is 11.3 Å². The highest BCUT2D eigenvalue weighted by molar-refractivity contribution is 7.18. The van der Waals surface area contributed by atoms with Gasteiger partial charge in [-0.05, 0) is 44.7 Å². The van der Waals surface area contributed by atoms with Crippen molar-refractivity contribution in [2.45, 2.75) is 45.1 Å². The predicted molar refractivity (Wildman–Crippen MR) is 95.7 cm³/mol. The van der Waals surface area contributed by atoms with E-state index in [0.717, 1.165) is 36.2 Å². The van der Waals surface area contributed by atoms with Gasteiger partial charge >= 0.3 is 0 Å². The minimum atomic E-state index is -0.297. The van der Waals surface area contributed by atoms with Crippen LogP contribution in [0.3, 0.4) is 0 Å². The van der Waals surface area contributed by atoms with E-state index in [1.807, 2.05) is 30.0 Å². The molecule has 1 aliphatic rings. The Hall–Kier alpha value is -1.95. The fourth-order valence-corrected chi connectivity index (χ4v) is 4.26. The van der Waals surface area contributed by atoms with E-state index in [1.165, 1.54) is 4.70 Å². The van der Waals surface area contributed by atoms with Gasteiger partial charge < -0.3 is 10.6 Å². The number of hydrogen-bond donors (Lipinski definition) is 1. The van der Waals surface area contributed by atoms with Gasteiger partial charge in [0, 0.05) is 19.0 Å². The minimum Gasteiger partial charge on any atom is -0.369 e. The number of para-hydroxylation sites is 1. The molecule has 1 fully saturated rings. The Morgan fingerprint density at radius 1 is 1.33 bits per heavy atom.